The van der Waals surface area contributed by atoms with E-state index in [2.05, 4.69) is 0 Å². The summed E-state index contributed by atoms with van der Waals surface area (Å²) in [6.45, 7) is 1.95. The fourth-order valence-corrected chi connectivity index (χ4v) is 3.54. The molecule has 0 amide bonds. The Morgan fingerprint density at radius 3 is 2.80 bits per heavy atom. The van der Waals surface area contributed by atoms with Gasteiger partial charge in [-0.25, -0.2) is 8.42 Å². The number of fused-ring (bicyclic) bond motifs is 1. The van der Waals surface area contributed by atoms with Crippen LogP contribution in [0.5, 0.6) is 0 Å². The van der Waals surface area contributed by atoms with Crippen molar-refractivity contribution in [3.8, 4) is 0 Å². The Bertz CT molecular complexity index is 477. The second-order valence-corrected chi connectivity index (χ2v) is 5.95. The highest BCUT2D eigenvalue weighted by atomic mass is 32.2. The van der Waals surface area contributed by atoms with Crippen molar-refractivity contribution in [1.29, 1.82) is 0 Å². The highest BCUT2D eigenvalue weighted by molar-refractivity contribution is 7.91. The maximum Gasteiger partial charge on any atom is 0.178 e. The molecule has 0 N–H and O–H groups in total. The van der Waals surface area contributed by atoms with Gasteiger partial charge in [-0.05, 0) is 25.0 Å². The van der Waals surface area contributed by atoms with Gasteiger partial charge in [0.25, 0.3) is 0 Å². The van der Waals surface area contributed by atoms with E-state index in [9.17, 15) is 8.42 Å². The van der Waals surface area contributed by atoms with E-state index in [4.69, 9.17) is 4.74 Å². The number of aryl methyl sites for hydroxylation is 1. The second kappa shape index (κ2) is 3.61. The van der Waals surface area contributed by atoms with Crippen LogP contribution in [0.25, 0.3) is 0 Å². The molecule has 4 heteroatoms. The Morgan fingerprint density at radius 2 is 2.13 bits per heavy atom. The van der Waals surface area contributed by atoms with Gasteiger partial charge in [-0.2, -0.15) is 0 Å². The lowest BCUT2D eigenvalue weighted by Gasteiger charge is -2.24. The number of ether oxygens (including phenoxy) is 1. The Hall–Kier alpha value is -0.870. The molecule has 1 atom stereocenters. The molecule has 0 aromatic heterocycles. The third-order valence-electron chi connectivity index (χ3n) is 2.78. The number of benzene rings is 1. The summed E-state index contributed by atoms with van der Waals surface area (Å²) in [5.41, 5.74) is 1.87. The normalized spacial score (nSPS) is 23.5. The zero-order chi connectivity index (χ0) is 11.1. The Labute approximate surface area is 90.0 Å². The molecule has 3 nitrogen and oxygen atoms in total. The molecule has 0 bridgehead atoms. The van der Waals surface area contributed by atoms with E-state index in [0.29, 0.717) is 11.3 Å². The highest BCUT2D eigenvalue weighted by Gasteiger charge is 2.29. The standard InChI is InChI=1S/C11H14O3S/c1-8-3-4-11-9(7-8)10(14-2)5-6-15(11,12)13/h3-4,7,10H,5-6H2,1-2H3. The molecule has 1 aliphatic heterocycles. The number of hydrogen-bond donors (Lipinski definition) is 0. The van der Waals surface area contributed by atoms with Gasteiger partial charge in [-0.1, -0.05) is 17.7 Å². The van der Waals surface area contributed by atoms with E-state index >= 15 is 0 Å². The summed E-state index contributed by atoms with van der Waals surface area (Å²) in [4.78, 5) is 0.436. The fraction of sp³-hybridized carbons (Fsp3) is 0.455. The second-order valence-electron chi connectivity index (χ2n) is 3.87. The summed E-state index contributed by atoms with van der Waals surface area (Å²) in [5.74, 6) is 0.182. The van der Waals surface area contributed by atoms with Gasteiger partial charge in [-0.15, -0.1) is 0 Å². The summed E-state index contributed by atoms with van der Waals surface area (Å²) in [6.07, 6.45) is 0.471. The molecule has 1 unspecified atom stereocenters. The largest absolute Gasteiger partial charge is 0.377 e. The number of methoxy groups -OCH3 is 1. The molecule has 0 spiro atoms. The number of rotatable bonds is 1. The average Bonchev–Trinajstić information content (AvgIpc) is 2.17. The van der Waals surface area contributed by atoms with Gasteiger partial charge >= 0.3 is 0 Å². The zero-order valence-corrected chi connectivity index (χ0v) is 9.67. The average molecular weight is 226 g/mol. The van der Waals surface area contributed by atoms with Gasteiger partial charge in [0.1, 0.15) is 0 Å². The molecule has 0 saturated heterocycles. The van der Waals surface area contributed by atoms with E-state index in [1.165, 1.54) is 0 Å². The number of sulfone groups is 1. The maximum atomic E-state index is 11.8. The monoisotopic (exact) mass is 226 g/mol. The molecule has 0 aliphatic carbocycles. The molecule has 1 heterocycles. The van der Waals surface area contributed by atoms with E-state index in [1.54, 1.807) is 13.2 Å². The summed E-state index contributed by atoms with van der Waals surface area (Å²) in [7, 11) is -1.46. The van der Waals surface area contributed by atoms with Crippen LogP contribution in [-0.4, -0.2) is 21.3 Å². The van der Waals surface area contributed by atoms with Crippen LogP contribution in [0.1, 0.15) is 23.7 Å². The van der Waals surface area contributed by atoms with E-state index in [0.717, 1.165) is 11.1 Å². The third kappa shape index (κ3) is 1.79. The topological polar surface area (TPSA) is 43.4 Å². The molecule has 2 rings (SSSR count). The van der Waals surface area contributed by atoms with Gasteiger partial charge in [0.05, 0.1) is 16.8 Å². The Morgan fingerprint density at radius 1 is 1.40 bits per heavy atom. The lowest BCUT2D eigenvalue weighted by molar-refractivity contribution is 0.0963. The fourth-order valence-electron chi connectivity index (χ4n) is 1.98. The molecule has 0 radical (unpaired) electrons. The molecule has 1 aromatic rings. The maximum absolute atomic E-state index is 11.8. The van der Waals surface area contributed by atoms with Crippen molar-refractivity contribution in [1.82, 2.24) is 0 Å². The van der Waals surface area contributed by atoms with Crippen LogP contribution in [0.15, 0.2) is 23.1 Å². The molecule has 1 aliphatic rings. The quantitative estimate of drug-likeness (QED) is 0.734. The van der Waals surface area contributed by atoms with Crippen LogP contribution >= 0.6 is 0 Å². The molecular weight excluding hydrogens is 212 g/mol. The predicted octanol–water partition coefficient (Wildman–Crippen LogP) is 1.86. The SMILES string of the molecule is COC1CCS(=O)(=O)c2ccc(C)cc21. The van der Waals surface area contributed by atoms with Gasteiger partial charge in [0, 0.05) is 7.11 Å². The first-order chi connectivity index (χ1) is 7.04. The van der Waals surface area contributed by atoms with Crippen LogP contribution in [-0.2, 0) is 14.6 Å². The first kappa shape index (κ1) is 10.6. The number of hydrogen-bond acceptors (Lipinski definition) is 3. The van der Waals surface area contributed by atoms with Crippen molar-refractivity contribution in [2.75, 3.05) is 12.9 Å². The van der Waals surface area contributed by atoms with Crippen LogP contribution < -0.4 is 0 Å². The summed E-state index contributed by atoms with van der Waals surface area (Å²) < 4.78 is 28.9. The van der Waals surface area contributed by atoms with Gasteiger partial charge < -0.3 is 4.74 Å². The molecule has 15 heavy (non-hydrogen) atoms. The van der Waals surface area contributed by atoms with Crippen LogP contribution in [0.3, 0.4) is 0 Å². The van der Waals surface area contributed by atoms with Gasteiger partial charge in [-0.3, -0.25) is 0 Å². The predicted molar refractivity (Wildman–Crippen MR) is 57.6 cm³/mol. The summed E-state index contributed by atoms with van der Waals surface area (Å²) in [6, 6.07) is 5.42. The van der Waals surface area contributed by atoms with Gasteiger partial charge in [0.15, 0.2) is 9.84 Å². The molecule has 0 saturated carbocycles. The minimum Gasteiger partial charge on any atom is -0.377 e. The van der Waals surface area contributed by atoms with Crippen molar-refractivity contribution >= 4 is 9.84 Å². The molecule has 1 aromatic carbocycles. The molecule has 82 valence electrons. The van der Waals surface area contributed by atoms with Crippen LogP contribution in [0.2, 0.25) is 0 Å². The smallest absolute Gasteiger partial charge is 0.178 e. The highest BCUT2D eigenvalue weighted by Crippen LogP contribution is 2.34. The Balaban J connectivity index is 2.64. The molecule has 0 fully saturated rings. The van der Waals surface area contributed by atoms with Crippen LogP contribution in [0, 0.1) is 6.92 Å². The van der Waals surface area contributed by atoms with Crippen molar-refractivity contribution in [3.63, 3.8) is 0 Å². The van der Waals surface area contributed by atoms with Crippen molar-refractivity contribution in [2.24, 2.45) is 0 Å². The summed E-state index contributed by atoms with van der Waals surface area (Å²) in [5, 5.41) is 0. The first-order valence-electron chi connectivity index (χ1n) is 4.91. The first-order valence-corrected chi connectivity index (χ1v) is 6.56. The lowest BCUT2D eigenvalue weighted by Crippen LogP contribution is -2.21. The Kier molecular flexibility index (Phi) is 2.56. The minimum atomic E-state index is -3.08. The third-order valence-corrected chi connectivity index (χ3v) is 4.60. The molecular formula is C11H14O3S. The zero-order valence-electron chi connectivity index (χ0n) is 8.86. The van der Waals surface area contributed by atoms with Crippen LogP contribution in [0.4, 0.5) is 0 Å². The van der Waals surface area contributed by atoms with E-state index in [-0.39, 0.29) is 11.9 Å². The van der Waals surface area contributed by atoms with E-state index in [1.807, 2.05) is 19.1 Å². The minimum absolute atomic E-state index is 0.0802. The lowest BCUT2D eigenvalue weighted by atomic mass is 10.0. The van der Waals surface area contributed by atoms with Crippen molar-refractivity contribution in [3.05, 3.63) is 29.3 Å². The van der Waals surface area contributed by atoms with Gasteiger partial charge in [0.2, 0.25) is 0 Å². The van der Waals surface area contributed by atoms with Crippen molar-refractivity contribution < 1.29 is 13.2 Å². The van der Waals surface area contributed by atoms with E-state index < -0.39 is 9.84 Å². The summed E-state index contributed by atoms with van der Waals surface area (Å²) >= 11 is 0. The van der Waals surface area contributed by atoms with Crippen molar-refractivity contribution in [2.45, 2.75) is 24.3 Å².